The van der Waals surface area contributed by atoms with Crippen LogP contribution in [-0.4, -0.2) is 16.4 Å². The number of fused-ring (bicyclic) bond motifs is 2. The fourth-order valence-corrected chi connectivity index (χ4v) is 2.98. The number of carbonyl (C=O) groups is 1. The number of carbonyl (C=O) groups excluding carboxylic acids is 1. The first-order valence-electron chi connectivity index (χ1n) is 6.01. The van der Waals surface area contributed by atoms with Gasteiger partial charge in [-0.1, -0.05) is 36.4 Å². The summed E-state index contributed by atoms with van der Waals surface area (Å²) in [5, 5.41) is 15.8. The van der Waals surface area contributed by atoms with Gasteiger partial charge in [-0.2, -0.15) is 0 Å². The number of hydrogen-bond donors (Lipinski definition) is 1. The summed E-state index contributed by atoms with van der Waals surface area (Å²) in [7, 11) is 0. The van der Waals surface area contributed by atoms with Gasteiger partial charge in [-0.3, -0.25) is 4.79 Å². The topological polar surface area (TPSA) is 50.2 Å². The van der Waals surface area contributed by atoms with Crippen molar-refractivity contribution in [3.8, 4) is 0 Å². The van der Waals surface area contributed by atoms with E-state index in [0.29, 0.717) is 11.0 Å². The molecule has 0 spiro atoms. The molecule has 0 atom stereocenters. The molecule has 0 aromatic heterocycles. The SMILES string of the molecule is O=Cc1n/c(=C/O)c2c3cccc4cccc(c1=2)c43. The van der Waals surface area contributed by atoms with Crippen molar-refractivity contribution in [3.05, 3.63) is 57.9 Å². The Morgan fingerprint density at radius 3 is 2.32 bits per heavy atom. The van der Waals surface area contributed by atoms with Crippen LogP contribution in [0.1, 0.15) is 10.5 Å². The van der Waals surface area contributed by atoms with E-state index in [-0.39, 0.29) is 0 Å². The van der Waals surface area contributed by atoms with Crippen LogP contribution in [0.2, 0.25) is 0 Å². The molecule has 90 valence electrons. The summed E-state index contributed by atoms with van der Waals surface area (Å²) in [4.78, 5) is 15.4. The number of aliphatic hydroxyl groups is 1. The quantitative estimate of drug-likeness (QED) is 0.525. The number of nitrogens with zero attached hydrogens (tertiary/aromatic N) is 1. The molecule has 2 aliphatic rings. The van der Waals surface area contributed by atoms with Crippen LogP contribution in [0.25, 0.3) is 27.8 Å². The van der Waals surface area contributed by atoms with Gasteiger partial charge < -0.3 is 5.11 Å². The van der Waals surface area contributed by atoms with E-state index in [1.54, 1.807) is 0 Å². The lowest BCUT2D eigenvalue weighted by Gasteiger charge is -1.98. The van der Waals surface area contributed by atoms with Crippen molar-refractivity contribution in [2.45, 2.75) is 0 Å². The second-order valence-corrected chi connectivity index (χ2v) is 4.59. The molecule has 1 aliphatic carbocycles. The molecule has 1 N–H and O–H groups in total. The lowest BCUT2D eigenvalue weighted by molar-refractivity contribution is 0.111. The van der Waals surface area contributed by atoms with Gasteiger partial charge in [0.15, 0.2) is 6.29 Å². The molecule has 0 unspecified atom stereocenters. The van der Waals surface area contributed by atoms with Gasteiger partial charge in [0.1, 0.15) is 17.3 Å². The molecule has 19 heavy (non-hydrogen) atoms. The maximum Gasteiger partial charge on any atom is 0.169 e. The van der Waals surface area contributed by atoms with Crippen LogP contribution >= 0.6 is 0 Å². The number of aliphatic hydroxyl groups excluding tert-OH is 1. The smallest absolute Gasteiger partial charge is 0.169 e. The second kappa shape index (κ2) is 3.42. The largest absolute Gasteiger partial charge is 0.513 e. The van der Waals surface area contributed by atoms with Crippen LogP contribution in [0.4, 0.5) is 0 Å². The summed E-state index contributed by atoms with van der Waals surface area (Å²) in [6.07, 6.45) is 1.72. The van der Waals surface area contributed by atoms with E-state index in [9.17, 15) is 9.90 Å². The van der Waals surface area contributed by atoms with Crippen LogP contribution in [0.3, 0.4) is 0 Å². The minimum absolute atomic E-state index is 0.388. The predicted molar refractivity (Wildman–Crippen MR) is 73.4 cm³/mol. The molecule has 1 heterocycles. The first-order chi connectivity index (χ1) is 9.35. The Bertz CT molecular complexity index is 1030. The van der Waals surface area contributed by atoms with Gasteiger partial charge in [-0.05, 0) is 21.5 Å². The third kappa shape index (κ3) is 1.12. The maximum absolute atomic E-state index is 11.2. The Hall–Kier alpha value is -2.68. The summed E-state index contributed by atoms with van der Waals surface area (Å²) in [5.41, 5.74) is 0.388. The van der Waals surface area contributed by atoms with Crippen molar-refractivity contribution in [2.24, 2.45) is 0 Å². The second-order valence-electron chi connectivity index (χ2n) is 4.59. The molecular formula is C16H9NO2. The molecule has 4 rings (SSSR count). The van der Waals surface area contributed by atoms with Crippen LogP contribution in [-0.2, 0) is 0 Å². The standard InChI is InChI=1S/C16H9NO2/c18-7-12-15-10-5-1-3-9-4-2-6-11(14(9)10)16(15)13(8-19)17-12/h1-8,18H/b12-7+. The van der Waals surface area contributed by atoms with E-state index in [2.05, 4.69) is 4.98 Å². The predicted octanol–water partition coefficient (Wildman–Crippen LogP) is 2.38. The first kappa shape index (κ1) is 10.3. The van der Waals surface area contributed by atoms with Crippen molar-refractivity contribution in [2.75, 3.05) is 0 Å². The fourth-order valence-electron chi connectivity index (χ4n) is 2.98. The molecule has 3 nitrogen and oxygen atoms in total. The number of aromatic nitrogens is 1. The number of hydrogen-bond acceptors (Lipinski definition) is 3. The minimum Gasteiger partial charge on any atom is -0.513 e. The van der Waals surface area contributed by atoms with Crippen molar-refractivity contribution in [1.82, 2.24) is 4.98 Å². The Morgan fingerprint density at radius 1 is 1.00 bits per heavy atom. The highest BCUT2D eigenvalue weighted by atomic mass is 16.2. The van der Waals surface area contributed by atoms with Gasteiger partial charge in [0.05, 0.1) is 0 Å². The van der Waals surface area contributed by atoms with E-state index < -0.39 is 0 Å². The normalized spacial score (nSPS) is 12.9. The molecule has 1 aliphatic heterocycles. The van der Waals surface area contributed by atoms with Gasteiger partial charge in [0.2, 0.25) is 0 Å². The number of aldehydes is 1. The summed E-state index contributed by atoms with van der Waals surface area (Å²) < 4.78 is 0. The fraction of sp³-hybridized carbons (Fsp3) is 0. The molecule has 2 aromatic carbocycles. The van der Waals surface area contributed by atoms with E-state index >= 15 is 0 Å². The summed E-state index contributed by atoms with van der Waals surface area (Å²) in [5.74, 6) is 0. The van der Waals surface area contributed by atoms with Crippen molar-refractivity contribution in [3.63, 3.8) is 0 Å². The third-order valence-electron chi connectivity index (χ3n) is 3.68. The Balaban J connectivity index is 2.54. The van der Waals surface area contributed by atoms with E-state index in [4.69, 9.17) is 0 Å². The Kier molecular flexibility index (Phi) is 1.85. The zero-order valence-electron chi connectivity index (χ0n) is 9.92. The zero-order valence-corrected chi connectivity index (χ0v) is 9.92. The number of benzene rings is 2. The maximum atomic E-state index is 11.2. The van der Waals surface area contributed by atoms with Gasteiger partial charge in [-0.25, -0.2) is 4.98 Å². The highest BCUT2D eigenvalue weighted by molar-refractivity contribution is 6.12. The van der Waals surface area contributed by atoms with Crippen molar-refractivity contribution >= 4 is 34.1 Å². The van der Waals surface area contributed by atoms with E-state index in [1.807, 2.05) is 36.4 Å². The molecule has 0 bridgehead atoms. The highest BCUT2D eigenvalue weighted by Crippen LogP contribution is 2.30. The monoisotopic (exact) mass is 247 g/mol. The van der Waals surface area contributed by atoms with Gasteiger partial charge in [0.25, 0.3) is 0 Å². The van der Waals surface area contributed by atoms with Crippen LogP contribution in [0.5, 0.6) is 0 Å². The molecule has 0 fully saturated rings. The molecule has 2 aromatic rings. The molecule has 0 amide bonds. The lowest BCUT2D eigenvalue weighted by Crippen LogP contribution is -2.03. The zero-order chi connectivity index (χ0) is 13.0. The Morgan fingerprint density at radius 2 is 1.68 bits per heavy atom. The molecule has 0 radical (unpaired) electrons. The molecule has 0 saturated carbocycles. The van der Waals surface area contributed by atoms with Gasteiger partial charge in [0, 0.05) is 10.4 Å². The molecule has 0 saturated heterocycles. The summed E-state index contributed by atoms with van der Waals surface area (Å²) in [6.45, 7) is 0. The average Bonchev–Trinajstić information content (AvgIpc) is 2.98. The van der Waals surface area contributed by atoms with Crippen LogP contribution in [0.15, 0.2) is 36.4 Å². The van der Waals surface area contributed by atoms with E-state index in [0.717, 1.165) is 44.5 Å². The molecular weight excluding hydrogens is 238 g/mol. The van der Waals surface area contributed by atoms with Crippen LogP contribution in [0, 0.1) is 10.4 Å². The van der Waals surface area contributed by atoms with E-state index in [1.165, 1.54) is 0 Å². The number of rotatable bonds is 1. The van der Waals surface area contributed by atoms with Crippen molar-refractivity contribution in [1.29, 1.82) is 0 Å². The van der Waals surface area contributed by atoms with Gasteiger partial charge in [-0.15, -0.1) is 0 Å². The third-order valence-corrected chi connectivity index (χ3v) is 3.68. The summed E-state index contributed by atoms with van der Waals surface area (Å²) >= 11 is 0. The molecule has 3 heteroatoms. The average molecular weight is 247 g/mol. The summed E-state index contributed by atoms with van der Waals surface area (Å²) in [6, 6.07) is 12.0. The van der Waals surface area contributed by atoms with Crippen LogP contribution < -0.4 is 5.35 Å². The van der Waals surface area contributed by atoms with Gasteiger partial charge >= 0.3 is 0 Å². The Labute approximate surface area is 107 Å². The first-order valence-corrected chi connectivity index (χ1v) is 6.01. The van der Waals surface area contributed by atoms with Crippen molar-refractivity contribution < 1.29 is 9.90 Å². The highest BCUT2D eigenvalue weighted by Gasteiger charge is 2.14. The minimum atomic E-state index is 0.388. The lowest BCUT2D eigenvalue weighted by atomic mass is 10.1.